The molecule has 0 heterocycles. The van der Waals surface area contributed by atoms with Gasteiger partial charge in [0.2, 0.25) is 0 Å². The molecule has 5 nitrogen and oxygen atoms in total. The van der Waals surface area contributed by atoms with Crippen LogP contribution in [0.4, 0.5) is 4.39 Å². The summed E-state index contributed by atoms with van der Waals surface area (Å²) in [5.41, 5.74) is -0.302. The van der Waals surface area contributed by atoms with Crippen LogP contribution in [0.1, 0.15) is 34.5 Å². The van der Waals surface area contributed by atoms with Crippen molar-refractivity contribution in [2.45, 2.75) is 20.0 Å². The predicted octanol–water partition coefficient (Wildman–Crippen LogP) is 1.43. The van der Waals surface area contributed by atoms with E-state index in [1.54, 1.807) is 6.92 Å². The molecule has 0 fully saturated rings. The van der Waals surface area contributed by atoms with Crippen molar-refractivity contribution in [2.24, 2.45) is 0 Å². The van der Waals surface area contributed by atoms with Gasteiger partial charge in [-0.15, -0.1) is 0 Å². The first-order chi connectivity index (χ1) is 8.38. The Bertz CT molecular complexity index is 484. The predicted molar refractivity (Wildman–Crippen MR) is 59.7 cm³/mol. The van der Waals surface area contributed by atoms with E-state index in [0.717, 1.165) is 12.1 Å². The van der Waals surface area contributed by atoms with Crippen LogP contribution in [0.5, 0.6) is 0 Å². The van der Waals surface area contributed by atoms with Gasteiger partial charge in [-0.1, -0.05) is 0 Å². The fourth-order valence-corrected chi connectivity index (χ4v) is 1.50. The Hall–Kier alpha value is -1.95. The number of aryl methyl sites for hydroxylation is 1. The number of hydrogen-bond acceptors (Lipinski definition) is 4. The first-order valence-electron chi connectivity index (χ1n) is 5.26. The van der Waals surface area contributed by atoms with Crippen LogP contribution >= 0.6 is 0 Å². The lowest BCUT2D eigenvalue weighted by Crippen LogP contribution is -2.17. The number of aliphatic hydroxyl groups is 1. The molecule has 0 radical (unpaired) electrons. The maximum absolute atomic E-state index is 13.3. The van der Waals surface area contributed by atoms with Crippen molar-refractivity contribution < 1.29 is 28.9 Å². The minimum absolute atomic E-state index is 0.0206. The second-order valence-electron chi connectivity index (χ2n) is 3.65. The first-order valence-corrected chi connectivity index (χ1v) is 5.26. The third kappa shape index (κ3) is 2.84. The number of esters is 1. The van der Waals surface area contributed by atoms with E-state index in [4.69, 9.17) is 5.11 Å². The van der Waals surface area contributed by atoms with Gasteiger partial charge < -0.3 is 14.9 Å². The monoisotopic (exact) mass is 256 g/mol. The lowest BCUT2D eigenvalue weighted by Gasteiger charge is -2.13. The maximum atomic E-state index is 13.3. The summed E-state index contributed by atoms with van der Waals surface area (Å²) in [6, 6.07) is 1.90. The summed E-state index contributed by atoms with van der Waals surface area (Å²) in [5.74, 6) is -3.28. The van der Waals surface area contributed by atoms with Gasteiger partial charge in [0.25, 0.3) is 0 Å². The number of carbonyl (C=O) groups excluding carboxylic acids is 1. The number of hydrogen-bond donors (Lipinski definition) is 2. The SMILES string of the molecule is CCOC(=O)C(O)c1cc(C(=O)O)c(F)cc1C. The van der Waals surface area contributed by atoms with Crippen molar-refractivity contribution in [3.8, 4) is 0 Å². The summed E-state index contributed by atoms with van der Waals surface area (Å²) in [4.78, 5) is 22.1. The lowest BCUT2D eigenvalue weighted by atomic mass is 10.00. The number of aromatic carboxylic acids is 1. The van der Waals surface area contributed by atoms with Crippen molar-refractivity contribution in [3.63, 3.8) is 0 Å². The molecule has 0 aliphatic rings. The molecule has 2 N–H and O–H groups in total. The fourth-order valence-electron chi connectivity index (χ4n) is 1.50. The summed E-state index contributed by atoms with van der Waals surface area (Å²) < 4.78 is 17.9. The summed E-state index contributed by atoms with van der Waals surface area (Å²) in [5, 5.41) is 18.5. The number of halogens is 1. The molecule has 0 saturated carbocycles. The molecular formula is C12H13FO5. The quantitative estimate of drug-likeness (QED) is 0.796. The molecule has 1 atom stereocenters. The van der Waals surface area contributed by atoms with E-state index < -0.39 is 29.4 Å². The maximum Gasteiger partial charge on any atom is 0.339 e. The van der Waals surface area contributed by atoms with Gasteiger partial charge in [0, 0.05) is 0 Å². The number of carboxylic acid groups (broad SMARTS) is 1. The van der Waals surface area contributed by atoms with E-state index in [9.17, 15) is 19.1 Å². The Morgan fingerprint density at radius 2 is 2.06 bits per heavy atom. The van der Waals surface area contributed by atoms with Gasteiger partial charge in [0.1, 0.15) is 5.82 Å². The van der Waals surface area contributed by atoms with Gasteiger partial charge in [0.05, 0.1) is 12.2 Å². The molecular weight excluding hydrogens is 243 g/mol. The third-order valence-electron chi connectivity index (χ3n) is 2.39. The van der Waals surface area contributed by atoms with E-state index in [2.05, 4.69) is 4.74 Å². The Kier molecular flexibility index (Phi) is 4.38. The van der Waals surface area contributed by atoms with E-state index in [0.29, 0.717) is 0 Å². The van der Waals surface area contributed by atoms with E-state index in [1.807, 2.05) is 0 Å². The molecule has 98 valence electrons. The average Bonchev–Trinajstić information content (AvgIpc) is 2.28. The lowest BCUT2D eigenvalue weighted by molar-refractivity contribution is -0.153. The second kappa shape index (κ2) is 5.59. The highest BCUT2D eigenvalue weighted by atomic mass is 19.1. The summed E-state index contributed by atoms with van der Waals surface area (Å²) in [7, 11) is 0. The Morgan fingerprint density at radius 3 is 2.56 bits per heavy atom. The van der Waals surface area contributed by atoms with E-state index in [-0.39, 0.29) is 17.7 Å². The Morgan fingerprint density at radius 1 is 1.44 bits per heavy atom. The van der Waals surface area contributed by atoms with Gasteiger partial charge in [-0.25, -0.2) is 14.0 Å². The molecule has 0 spiro atoms. The minimum Gasteiger partial charge on any atom is -0.478 e. The molecule has 0 aromatic heterocycles. The fraction of sp³-hybridized carbons (Fsp3) is 0.333. The number of carboxylic acids is 1. The highest BCUT2D eigenvalue weighted by molar-refractivity contribution is 5.89. The largest absolute Gasteiger partial charge is 0.478 e. The van der Waals surface area contributed by atoms with Gasteiger partial charge in [0.15, 0.2) is 6.10 Å². The van der Waals surface area contributed by atoms with Crippen LogP contribution in [0, 0.1) is 12.7 Å². The number of ether oxygens (including phenoxy) is 1. The molecule has 0 amide bonds. The summed E-state index contributed by atoms with van der Waals surface area (Å²) in [6.45, 7) is 3.12. The van der Waals surface area contributed by atoms with Crippen molar-refractivity contribution in [2.75, 3.05) is 6.61 Å². The molecule has 0 aliphatic heterocycles. The van der Waals surface area contributed by atoms with Crippen molar-refractivity contribution in [1.29, 1.82) is 0 Å². The van der Waals surface area contributed by atoms with E-state index in [1.165, 1.54) is 6.92 Å². The molecule has 1 rings (SSSR count). The Balaban J connectivity index is 3.20. The Labute approximate surface area is 103 Å². The number of benzene rings is 1. The smallest absolute Gasteiger partial charge is 0.339 e. The van der Waals surface area contributed by atoms with Gasteiger partial charge in [-0.05, 0) is 37.1 Å². The van der Waals surface area contributed by atoms with Crippen LogP contribution in [0.2, 0.25) is 0 Å². The summed E-state index contributed by atoms with van der Waals surface area (Å²) in [6.07, 6.45) is -1.62. The van der Waals surface area contributed by atoms with Crippen LogP contribution in [-0.2, 0) is 9.53 Å². The van der Waals surface area contributed by atoms with E-state index >= 15 is 0 Å². The number of rotatable bonds is 4. The van der Waals surface area contributed by atoms with Crippen LogP contribution in [0.15, 0.2) is 12.1 Å². The van der Waals surface area contributed by atoms with Crippen molar-refractivity contribution >= 4 is 11.9 Å². The minimum atomic E-state index is -1.62. The highest BCUT2D eigenvalue weighted by Crippen LogP contribution is 2.23. The molecule has 1 aromatic rings. The summed E-state index contributed by atoms with van der Waals surface area (Å²) >= 11 is 0. The van der Waals surface area contributed by atoms with Crippen LogP contribution in [0.25, 0.3) is 0 Å². The zero-order valence-corrected chi connectivity index (χ0v) is 9.94. The third-order valence-corrected chi connectivity index (χ3v) is 2.39. The van der Waals surface area contributed by atoms with Crippen molar-refractivity contribution in [3.05, 3.63) is 34.6 Å². The number of aliphatic hydroxyl groups excluding tert-OH is 1. The van der Waals surface area contributed by atoms with Crippen LogP contribution in [0.3, 0.4) is 0 Å². The normalized spacial score (nSPS) is 12.0. The van der Waals surface area contributed by atoms with Gasteiger partial charge >= 0.3 is 11.9 Å². The highest BCUT2D eigenvalue weighted by Gasteiger charge is 2.23. The van der Waals surface area contributed by atoms with Crippen molar-refractivity contribution in [1.82, 2.24) is 0 Å². The number of carbonyl (C=O) groups is 2. The molecule has 0 aliphatic carbocycles. The second-order valence-corrected chi connectivity index (χ2v) is 3.65. The van der Waals surface area contributed by atoms with Gasteiger partial charge in [-0.2, -0.15) is 0 Å². The standard InChI is InChI=1S/C12H13FO5/c1-3-18-12(17)10(14)7-5-8(11(15)16)9(13)4-6(7)2/h4-5,10,14H,3H2,1-2H3,(H,15,16). The van der Waals surface area contributed by atoms with Crippen LogP contribution in [-0.4, -0.2) is 28.8 Å². The zero-order chi connectivity index (χ0) is 13.9. The molecule has 6 heteroatoms. The zero-order valence-electron chi connectivity index (χ0n) is 9.94. The average molecular weight is 256 g/mol. The topological polar surface area (TPSA) is 83.8 Å². The molecule has 1 unspecified atom stereocenters. The molecule has 0 bridgehead atoms. The van der Waals surface area contributed by atoms with Gasteiger partial charge in [-0.3, -0.25) is 0 Å². The molecule has 1 aromatic carbocycles. The van der Waals surface area contributed by atoms with Crippen LogP contribution < -0.4 is 0 Å². The molecule has 18 heavy (non-hydrogen) atoms. The molecule has 0 saturated heterocycles. The first kappa shape index (κ1) is 14.1.